The first-order valence-corrected chi connectivity index (χ1v) is 21.5. The fourth-order valence-corrected chi connectivity index (χ4v) is 6.93. The van der Waals surface area contributed by atoms with E-state index in [-0.39, 0.29) is 11.6 Å². The highest BCUT2D eigenvalue weighted by Crippen LogP contribution is 2.49. The van der Waals surface area contributed by atoms with Crippen LogP contribution >= 0.6 is 0 Å². The molecule has 8 aromatic rings. The van der Waals surface area contributed by atoms with E-state index in [1.807, 2.05) is 70.2 Å². The van der Waals surface area contributed by atoms with Gasteiger partial charge in [-0.15, -0.1) is 0 Å². The van der Waals surface area contributed by atoms with Crippen LogP contribution in [0.5, 0.6) is 0 Å². The molecule has 0 unspecified atom stereocenters. The van der Waals surface area contributed by atoms with Gasteiger partial charge in [0, 0.05) is 42.7 Å². The highest BCUT2D eigenvalue weighted by molar-refractivity contribution is 6.01. The number of fused-ring (bicyclic) bond motifs is 2. The Kier molecular flexibility index (Phi) is 12.4. The predicted molar refractivity (Wildman–Crippen MR) is 239 cm³/mol. The fraction of sp³-hybridized carbons (Fsp3) is 0.455. The van der Waals surface area contributed by atoms with E-state index >= 15 is 0 Å². The maximum Gasteiger partial charge on any atom is 0.165 e. The number of aromatic nitrogens is 14. The summed E-state index contributed by atoms with van der Waals surface area (Å²) in [7, 11) is 0. The Hall–Kier alpha value is -6.72. The standard InChI is InChI=1S/2C20H22N8O.2C2H6/c1-10-7-22-18(23-8-10)12-15(27-29-16(12)11-5-6-11)14-13-17(21)24-9-25-19(13)28(26-14)20(2,3)4;1-4-11-7-22-19(23-8-11)13-16(27-29-17(13)12-5-6-12)15-14-18(21)24-9-25-20(14)28(26-15)10(2)3;2*1-2/h7-9,11H,5-6H2,1-4H3,(H2,21,24,25);7-10,12H,4-6H2,1-3H3,(H2,21,24,25);2*1-2H3. The Labute approximate surface area is 360 Å². The largest absolute Gasteiger partial charge is 0.383 e. The molecular weight excluding hydrogens is 785 g/mol. The van der Waals surface area contributed by atoms with E-state index < -0.39 is 0 Å². The maximum atomic E-state index is 6.24. The summed E-state index contributed by atoms with van der Waals surface area (Å²) in [6.07, 6.45) is 15.3. The van der Waals surface area contributed by atoms with Crippen LogP contribution in [0.4, 0.5) is 11.6 Å². The molecule has 2 aliphatic carbocycles. The van der Waals surface area contributed by atoms with Gasteiger partial charge in [-0.3, -0.25) is 0 Å². The van der Waals surface area contributed by atoms with E-state index in [1.165, 1.54) is 12.7 Å². The normalized spacial score (nSPS) is 13.7. The number of aryl methyl sites for hydroxylation is 2. The summed E-state index contributed by atoms with van der Waals surface area (Å²) in [5.41, 5.74) is 19.5. The first-order chi connectivity index (χ1) is 29.9. The third-order valence-electron chi connectivity index (χ3n) is 10.3. The van der Waals surface area contributed by atoms with Gasteiger partial charge in [0.05, 0.1) is 27.4 Å². The van der Waals surface area contributed by atoms with Gasteiger partial charge < -0.3 is 20.5 Å². The monoisotopic (exact) mass is 840 g/mol. The summed E-state index contributed by atoms with van der Waals surface area (Å²) in [4.78, 5) is 35.4. The molecule has 2 fully saturated rings. The van der Waals surface area contributed by atoms with Crippen molar-refractivity contribution in [1.29, 1.82) is 0 Å². The van der Waals surface area contributed by atoms with Gasteiger partial charge in [0.1, 0.15) is 47.1 Å². The number of nitrogens with two attached hydrogens (primary N) is 2. The summed E-state index contributed by atoms with van der Waals surface area (Å²) >= 11 is 0. The molecule has 10 rings (SSSR count). The zero-order valence-electron chi connectivity index (χ0n) is 37.5. The molecular formula is C44H56N16O2. The van der Waals surface area contributed by atoms with Crippen molar-refractivity contribution >= 4 is 33.7 Å². The summed E-state index contributed by atoms with van der Waals surface area (Å²) in [6.45, 7) is 22.3. The quantitative estimate of drug-likeness (QED) is 0.145. The first-order valence-electron chi connectivity index (χ1n) is 21.5. The van der Waals surface area contributed by atoms with E-state index in [1.54, 1.807) is 12.4 Å². The molecule has 0 radical (unpaired) electrons. The molecule has 0 spiro atoms. The Morgan fingerprint density at radius 1 is 0.645 bits per heavy atom. The molecule has 0 atom stereocenters. The molecule has 0 aromatic carbocycles. The van der Waals surface area contributed by atoms with Crippen molar-refractivity contribution in [2.75, 3.05) is 11.5 Å². The van der Waals surface area contributed by atoms with Crippen molar-refractivity contribution in [3.8, 4) is 45.6 Å². The van der Waals surface area contributed by atoms with Crippen molar-refractivity contribution in [3.05, 3.63) is 60.1 Å². The maximum absolute atomic E-state index is 6.24. The van der Waals surface area contributed by atoms with Crippen molar-refractivity contribution in [3.63, 3.8) is 0 Å². The van der Waals surface area contributed by atoms with Gasteiger partial charge >= 0.3 is 0 Å². The lowest BCUT2D eigenvalue weighted by Crippen LogP contribution is -2.23. The molecule has 0 aliphatic heterocycles. The number of hydrogen-bond donors (Lipinski definition) is 2. The average molecular weight is 841 g/mol. The van der Waals surface area contributed by atoms with Gasteiger partial charge in [-0.2, -0.15) is 10.2 Å². The molecule has 18 heteroatoms. The number of anilines is 2. The molecule has 18 nitrogen and oxygen atoms in total. The molecule has 4 N–H and O–H groups in total. The van der Waals surface area contributed by atoms with Crippen molar-refractivity contribution < 1.29 is 9.05 Å². The highest BCUT2D eigenvalue weighted by atomic mass is 16.5. The van der Waals surface area contributed by atoms with Crippen LogP contribution in [0.3, 0.4) is 0 Å². The number of rotatable bonds is 8. The smallest absolute Gasteiger partial charge is 0.165 e. The molecule has 2 saturated carbocycles. The van der Waals surface area contributed by atoms with Crippen molar-refractivity contribution in [2.45, 2.75) is 132 Å². The SMILES string of the molecule is CC.CC.CCc1cnc(-c2c(-c3nn(C(C)C)c4ncnc(N)c34)noc2C2CC2)nc1.Cc1cnc(-c2c(-c3nn(C(C)(C)C)c4ncnc(N)c34)noc2C2CC2)nc1. The zero-order chi connectivity index (χ0) is 44.5. The van der Waals surface area contributed by atoms with Crippen LogP contribution in [-0.4, -0.2) is 69.7 Å². The first kappa shape index (κ1) is 43.4. The minimum absolute atomic E-state index is 0.0962. The molecule has 2 aliphatic rings. The zero-order valence-corrected chi connectivity index (χ0v) is 37.5. The van der Waals surface area contributed by atoms with Gasteiger partial charge in [0.2, 0.25) is 0 Å². The van der Waals surface area contributed by atoms with Crippen LogP contribution < -0.4 is 11.5 Å². The number of nitrogens with zero attached hydrogens (tertiary/aromatic N) is 14. The summed E-state index contributed by atoms with van der Waals surface area (Å²) in [6, 6.07) is 0.0962. The minimum Gasteiger partial charge on any atom is -0.383 e. The number of nitrogen functional groups attached to an aromatic ring is 2. The lowest BCUT2D eigenvalue weighted by molar-refractivity contribution is 0.365. The van der Waals surface area contributed by atoms with Crippen LogP contribution in [0, 0.1) is 6.92 Å². The van der Waals surface area contributed by atoms with Crippen LogP contribution in [0.25, 0.3) is 67.6 Å². The van der Waals surface area contributed by atoms with E-state index in [9.17, 15) is 0 Å². The van der Waals surface area contributed by atoms with Gasteiger partial charge in [0.15, 0.2) is 34.5 Å². The van der Waals surface area contributed by atoms with Gasteiger partial charge in [0.25, 0.3) is 0 Å². The van der Waals surface area contributed by atoms with E-state index in [4.69, 9.17) is 30.7 Å². The van der Waals surface area contributed by atoms with Crippen molar-refractivity contribution in [1.82, 2.24) is 69.7 Å². The molecule has 62 heavy (non-hydrogen) atoms. The minimum atomic E-state index is -0.305. The fourth-order valence-electron chi connectivity index (χ4n) is 6.93. The second kappa shape index (κ2) is 17.7. The second-order valence-corrected chi connectivity index (χ2v) is 16.2. The third kappa shape index (κ3) is 8.20. The summed E-state index contributed by atoms with van der Waals surface area (Å²) in [5, 5.41) is 19.7. The number of hydrogen-bond acceptors (Lipinski definition) is 16. The van der Waals surface area contributed by atoms with Crippen LogP contribution in [-0.2, 0) is 12.0 Å². The van der Waals surface area contributed by atoms with E-state index in [0.717, 1.165) is 65.9 Å². The van der Waals surface area contributed by atoms with E-state index in [0.29, 0.717) is 80.0 Å². The van der Waals surface area contributed by atoms with Crippen LogP contribution in [0.1, 0.15) is 135 Å². The highest BCUT2D eigenvalue weighted by Gasteiger charge is 2.38. The van der Waals surface area contributed by atoms with Crippen LogP contribution in [0.2, 0.25) is 0 Å². The predicted octanol–water partition coefficient (Wildman–Crippen LogP) is 9.05. The summed E-state index contributed by atoms with van der Waals surface area (Å²) < 4.78 is 15.2. The van der Waals surface area contributed by atoms with Gasteiger partial charge in [-0.1, -0.05) is 44.9 Å². The molecule has 8 heterocycles. The van der Waals surface area contributed by atoms with Crippen LogP contribution in [0.15, 0.2) is 46.5 Å². The van der Waals surface area contributed by atoms with Gasteiger partial charge in [-0.05, 0) is 84.8 Å². The molecule has 8 aromatic heterocycles. The Bertz CT molecular complexity index is 2770. The topological polar surface area (TPSA) is 243 Å². The van der Waals surface area contributed by atoms with E-state index in [2.05, 4.69) is 77.9 Å². The Morgan fingerprint density at radius 2 is 1.10 bits per heavy atom. The third-order valence-corrected chi connectivity index (χ3v) is 10.3. The Morgan fingerprint density at radius 3 is 1.55 bits per heavy atom. The Balaban J connectivity index is 0.000000173. The second-order valence-electron chi connectivity index (χ2n) is 16.2. The van der Waals surface area contributed by atoms with Crippen molar-refractivity contribution in [2.24, 2.45) is 0 Å². The lowest BCUT2D eigenvalue weighted by Gasteiger charge is -2.19. The van der Waals surface area contributed by atoms with Gasteiger partial charge in [-0.25, -0.2) is 49.2 Å². The molecule has 0 saturated heterocycles. The molecule has 0 bridgehead atoms. The lowest BCUT2D eigenvalue weighted by atomic mass is 10.1. The average Bonchev–Trinajstić information content (AvgIpc) is 4.12. The molecule has 324 valence electrons. The molecule has 0 amide bonds. The summed E-state index contributed by atoms with van der Waals surface area (Å²) in [5.74, 6) is 4.16.